The number of fused-ring (bicyclic) bond motifs is 12. The lowest BCUT2D eigenvalue weighted by atomic mass is 9.87. The van der Waals surface area contributed by atoms with Gasteiger partial charge in [0, 0.05) is 51.9 Å². The molecular formula is C46H34N4O. The Labute approximate surface area is 295 Å². The minimum atomic E-state index is 0.757. The predicted molar refractivity (Wildman–Crippen MR) is 210 cm³/mol. The minimum absolute atomic E-state index is 0.757. The predicted octanol–water partition coefficient (Wildman–Crippen LogP) is 12.0. The highest BCUT2D eigenvalue weighted by atomic mass is 16.5. The zero-order chi connectivity index (χ0) is 34.4. The van der Waals surface area contributed by atoms with E-state index in [0.717, 1.165) is 55.4 Å². The average molecular weight is 659 g/mol. The number of pyridine rings is 2. The Balaban J connectivity index is 1.20. The van der Waals surface area contributed by atoms with Gasteiger partial charge in [-0.25, -0.2) is 9.97 Å². The molecule has 10 rings (SSSR count). The number of aryl methyl sites for hydroxylation is 4. The Hall–Kier alpha value is -6.46. The van der Waals surface area contributed by atoms with E-state index in [2.05, 4.69) is 152 Å². The van der Waals surface area contributed by atoms with Crippen LogP contribution < -0.4 is 4.74 Å². The van der Waals surface area contributed by atoms with Crippen LogP contribution in [0.1, 0.15) is 22.3 Å². The topological polar surface area (TPSA) is 43.8 Å². The molecular weight excluding hydrogens is 625 g/mol. The van der Waals surface area contributed by atoms with E-state index in [9.17, 15) is 0 Å². The molecule has 10 aromatic rings. The molecule has 0 fully saturated rings. The number of hydrogen-bond donors (Lipinski definition) is 0. The summed E-state index contributed by atoms with van der Waals surface area (Å²) >= 11 is 0. The van der Waals surface area contributed by atoms with Gasteiger partial charge >= 0.3 is 0 Å². The maximum atomic E-state index is 6.64. The first-order valence-electron chi connectivity index (χ1n) is 17.4. The lowest BCUT2D eigenvalue weighted by Gasteiger charge is -2.20. The van der Waals surface area contributed by atoms with Crippen LogP contribution in [0.25, 0.3) is 76.9 Å². The van der Waals surface area contributed by atoms with Crippen molar-refractivity contribution in [3.8, 4) is 33.8 Å². The Morgan fingerprint density at radius 3 is 1.71 bits per heavy atom. The van der Waals surface area contributed by atoms with E-state index in [-0.39, 0.29) is 0 Å². The summed E-state index contributed by atoms with van der Waals surface area (Å²) in [5.74, 6) is 1.52. The number of hydrogen-bond acceptors (Lipinski definition) is 3. The van der Waals surface area contributed by atoms with Gasteiger partial charge in [-0.15, -0.1) is 0 Å². The van der Waals surface area contributed by atoms with Crippen LogP contribution in [0.3, 0.4) is 0 Å². The van der Waals surface area contributed by atoms with E-state index < -0.39 is 0 Å². The molecule has 4 aromatic heterocycles. The summed E-state index contributed by atoms with van der Waals surface area (Å²) in [6, 6.07) is 39.1. The zero-order valence-electron chi connectivity index (χ0n) is 28.9. The highest BCUT2D eigenvalue weighted by molar-refractivity contribution is 6.17. The Morgan fingerprint density at radius 2 is 1.04 bits per heavy atom. The van der Waals surface area contributed by atoms with Crippen LogP contribution in [0.5, 0.6) is 11.5 Å². The quantitative estimate of drug-likeness (QED) is 0.177. The Bertz CT molecular complexity index is 3020. The molecule has 0 atom stereocenters. The van der Waals surface area contributed by atoms with Gasteiger partial charge in [0.1, 0.15) is 22.8 Å². The highest BCUT2D eigenvalue weighted by Gasteiger charge is 2.20. The van der Waals surface area contributed by atoms with Gasteiger partial charge in [-0.2, -0.15) is 0 Å². The van der Waals surface area contributed by atoms with Crippen LogP contribution >= 0.6 is 0 Å². The molecule has 0 unspecified atom stereocenters. The molecule has 0 aliphatic rings. The fourth-order valence-electron chi connectivity index (χ4n) is 8.38. The summed E-state index contributed by atoms with van der Waals surface area (Å²) in [6.07, 6.45) is 7.87. The molecule has 0 aliphatic carbocycles. The molecule has 6 aromatic carbocycles. The largest absolute Gasteiger partial charge is 0.457 e. The van der Waals surface area contributed by atoms with Crippen LogP contribution in [-0.2, 0) is 0 Å². The zero-order valence-corrected chi connectivity index (χ0v) is 28.9. The number of imidazole rings is 2. The van der Waals surface area contributed by atoms with E-state index in [4.69, 9.17) is 14.7 Å². The van der Waals surface area contributed by atoms with Crippen LogP contribution in [0, 0.1) is 27.7 Å². The maximum absolute atomic E-state index is 6.64. The third kappa shape index (κ3) is 4.41. The van der Waals surface area contributed by atoms with Crippen LogP contribution in [0.2, 0.25) is 0 Å². The maximum Gasteiger partial charge on any atom is 0.145 e. The third-order valence-corrected chi connectivity index (χ3v) is 10.6. The van der Waals surface area contributed by atoms with Gasteiger partial charge in [-0.1, -0.05) is 54.6 Å². The molecule has 0 saturated carbocycles. The standard InChI is InChI=1S/C46H34N4O/c1-27-9-7-10-28(2)42(27)31-23-37-35-18-16-33(51-32-15-17-34-36-13-5-6-14-41(36)49-21-19-47-45(49)38(34)25-32)26-39(35)46-48-20-22-50(46)44(37)40(24-31)43-29(3)11-8-12-30(43)4/h5-26H,1-4H3. The monoisotopic (exact) mass is 658 g/mol. The van der Waals surface area contributed by atoms with E-state index in [1.54, 1.807) is 0 Å². The van der Waals surface area contributed by atoms with Crippen molar-refractivity contribution in [3.05, 3.63) is 156 Å². The molecule has 0 spiro atoms. The molecule has 244 valence electrons. The van der Waals surface area contributed by atoms with Crippen molar-refractivity contribution in [3.63, 3.8) is 0 Å². The molecule has 0 aliphatic heterocycles. The van der Waals surface area contributed by atoms with E-state index >= 15 is 0 Å². The molecule has 0 amide bonds. The van der Waals surface area contributed by atoms with Crippen LogP contribution in [-0.4, -0.2) is 18.8 Å². The van der Waals surface area contributed by atoms with Gasteiger partial charge in [0.15, 0.2) is 0 Å². The number of aromatic nitrogens is 4. The van der Waals surface area contributed by atoms with Crippen molar-refractivity contribution in [1.29, 1.82) is 0 Å². The third-order valence-electron chi connectivity index (χ3n) is 10.6. The molecule has 5 nitrogen and oxygen atoms in total. The van der Waals surface area contributed by atoms with Gasteiger partial charge in [-0.05, 0) is 132 Å². The number of rotatable bonds is 4. The lowest BCUT2D eigenvalue weighted by Crippen LogP contribution is -1.98. The van der Waals surface area contributed by atoms with Crippen molar-refractivity contribution in [1.82, 2.24) is 18.8 Å². The Morgan fingerprint density at radius 1 is 0.471 bits per heavy atom. The number of ether oxygens (including phenoxy) is 1. The van der Waals surface area contributed by atoms with Gasteiger partial charge in [0.2, 0.25) is 0 Å². The lowest BCUT2D eigenvalue weighted by molar-refractivity contribution is 0.484. The van der Waals surface area contributed by atoms with Crippen molar-refractivity contribution >= 4 is 54.6 Å². The smallest absolute Gasteiger partial charge is 0.145 e. The SMILES string of the molecule is Cc1cccc(C)c1-c1cc(-c2c(C)cccc2C)c2c(c1)c1ccc(Oc3ccc4c5ccccc5n5ccnc5c4c3)cc1c1nccn12. The van der Waals surface area contributed by atoms with Crippen LogP contribution in [0.15, 0.2) is 134 Å². The summed E-state index contributed by atoms with van der Waals surface area (Å²) in [7, 11) is 0. The van der Waals surface area contributed by atoms with E-state index in [1.165, 1.54) is 55.3 Å². The Kier molecular flexibility index (Phi) is 6.37. The summed E-state index contributed by atoms with van der Waals surface area (Å²) < 4.78 is 11.1. The molecule has 4 heterocycles. The molecule has 0 saturated heterocycles. The number of nitrogens with zero attached hydrogens (tertiary/aromatic N) is 4. The average Bonchev–Trinajstić information content (AvgIpc) is 3.83. The molecule has 5 heteroatoms. The first-order valence-corrected chi connectivity index (χ1v) is 17.4. The second-order valence-corrected chi connectivity index (χ2v) is 13.7. The van der Waals surface area contributed by atoms with E-state index in [1.807, 2.05) is 18.6 Å². The van der Waals surface area contributed by atoms with Gasteiger partial charge in [-0.3, -0.25) is 8.80 Å². The summed E-state index contributed by atoms with van der Waals surface area (Å²) in [4.78, 5) is 9.65. The van der Waals surface area contributed by atoms with Gasteiger partial charge in [0.05, 0.1) is 11.0 Å². The second kappa shape index (κ2) is 11.0. The summed E-state index contributed by atoms with van der Waals surface area (Å²) in [5, 5.41) is 6.75. The van der Waals surface area contributed by atoms with Crippen molar-refractivity contribution in [2.75, 3.05) is 0 Å². The number of para-hydroxylation sites is 1. The van der Waals surface area contributed by atoms with Crippen molar-refractivity contribution < 1.29 is 4.74 Å². The van der Waals surface area contributed by atoms with Crippen molar-refractivity contribution in [2.45, 2.75) is 27.7 Å². The first kappa shape index (κ1) is 29.5. The van der Waals surface area contributed by atoms with Crippen LogP contribution in [0.4, 0.5) is 0 Å². The molecule has 0 radical (unpaired) electrons. The molecule has 51 heavy (non-hydrogen) atoms. The fourth-order valence-corrected chi connectivity index (χ4v) is 8.38. The van der Waals surface area contributed by atoms with Crippen molar-refractivity contribution in [2.24, 2.45) is 0 Å². The normalized spacial score (nSPS) is 11.9. The van der Waals surface area contributed by atoms with Gasteiger partial charge in [0.25, 0.3) is 0 Å². The van der Waals surface area contributed by atoms with Gasteiger partial charge < -0.3 is 4.74 Å². The second-order valence-electron chi connectivity index (χ2n) is 13.7. The minimum Gasteiger partial charge on any atom is -0.457 e. The first-order chi connectivity index (χ1) is 24.9. The van der Waals surface area contributed by atoms with E-state index in [0.29, 0.717) is 0 Å². The highest BCUT2D eigenvalue weighted by Crippen LogP contribution is 2.43. The fraction of sp³-hybridized carbons (Fsp3) is 0.0870. The number of benzene rings is 6. The summed E-state index contributed by atoms with van der Waals surface area (Å²) in [6.45, 7) is 8.84. The molecule has 0 bridgehead atoms. The summed E-state index contributed by atoms with van der Waals surface area (Å²) in [5.41, 5.74) is 14.1. The molecule has 0 N–H and O–H groups in total.